The van der Waals surface area contributed by atoms with Crippen LogP contribution in [0.1, 0.15) is 36.8 Å². The number of nitrogens with two attached hydrogens (primary N) is 2. The van der Waals surface area contributed by atoms with E-state index in [9.17, 15) is 9.59 Å². The van der Waals surface area contributed by atoms with Gasteiger partial charge in [0.05, 0.1) is 12.5 Å². The highest BCUT2D eigenvalue weighted by Gasteiger charge is 2.46. The minimum Gasteiger partial charge on any atom is -0.449 e. The quantitative estimate of drug-likeness (QED) is 0.514. The smallest absolute Gasteiger partial charge is 0.411 e. The molecule has 1 fully saturated rings. The highest BCUT2D eigenvalue weighted by atomic mass is 35.5. The molecule has 0 bridgehead atoms. The Morgan fingerprint density at radius 1 is 1.15 bits per heavy atom. The molecule has 0 aromatic heterocycles. The average molecular weight is 473 g/mol. The van der Waals surface area contributed by atoms with E-state index in [-0.39, 0.29) is 6.61 Å². The molecule has 5 N–H and O–H groups in total. The van der Waals surface area contributed by atoms with Crippen molar-refractivity contribution >= 4 is 29.3 Å². The van der Waals surface area contributed by atoms with E-state index in [0.29, 0.717) is 35.7 Å². The van der Waals surface area contributed by atoms with Crippen molar-refractivity contribution in [2.24, 2.45) is 16.9 Å². The molecule has 0 radical (unpaired) electrons. The number of hydrogen-bond donors (Lipinski definition) is 3. The predicted molar refractivity (Wildman–Crippen MR) is 131 cm³/mol. The lowest BCUT2D eigenvalue weighted by Gasteiger charge is -2.45. The normalized spacial score (nSPS) is 16.7. The molecule has 1 saturated heterocycles. The van der Waals surface area contributed by atoms with Gasteiger partial charge >= 0.3 is 6.09 Å². The zero-order valence-electron chi connectivity index (χ0n) is 19.1. The first-order valence-corrected chi connectivity index (χ1v) is 11.7. The maximum Gasteiger partial charge on any atom is 0.411 e. The third kappa shape index (κ3) is 6.25. The predicted octanol–water partition coefficient (Wildman–Crippen LogP) is 3.76. The van der Waals surface area contributed by atoms with Crippen molar-refractivity contribution in [3.05, 3.63) is 64.7 Å². The summed E-state index contributed by atoms with van der Waals surface area (Å²) in [5.74, 6) is -1.16. The van der Waals surface area contributed by atoms with E-state index in [1.54, 1.807) is 6.07 Å². The van der Waals surface area contributed by atoms with Crippen LogP contribution in [0.5, 0.6) is 0 Å². The van der Waals surface area contributed by atoms with Gasteiger partial charge in [0, 0.05) is 29.2 Å². The number of nitrogens with zero attached hydrogens (tertiary/aromatic N) is 1. The summed E-state index contributed by atoms with van der Waals surface area (Å²) < 4.78 is 5.69. The van der Waals surface area contributed by atoms with Gasteiger partial charge in [-0.15, -0.1) is 0 Å². The second-order valence-electron chi connectivity index (χ2n) is 8.60. The SMILES string of the molecule is CCc1ccc(NC(=O)OCC2(C(C(N)=O)c3ccccc3Cl)CCN(CCN)CC2)cc1. The molecule has 3 rings (SSSR count). The van der Waals surface area contributed by atoms with Crippen molar-refractivity contribution in [2.45, 2.75) is 32.1 Å². The number of likely N-dealkylation sites (tertiary alicyclic amines) is 1. The Hall–Kier alpha value is -2.61. The maximum absolute atomic E-state index is 12.7. The lowest BCUT2D eigenvalue weighted by molar-refractivity contribution is -0.125. The van der Waals surface area contributed by atoms with Crippen LogP contribution in [0.15, 0.2) is 48.5 Å². The number of aryl methyl sites for hydroxylation is 1. The maximum atomic E-state index is 12.7. The Bertz CT molecular complexity index is 943. The molecule has 0 spiro atoms. The summed E-state index contributed by atoms with van der Waals surface area (Å²) in [6, 6.07) is 14.8. The van der Waals surface area contributed by atoms with Crippen LogP contribution in [-0.4, -0.2) is 49.7 Å². The Labute approximate surface area is 200 Å². The second kappa shape index (κ2) is 11.5. The third-order valence-corrected chi connectivity index (χ3v) is 6.85. The number of nitrogens with one attached hydrogen (secondary N) is 1. The summed E-state index contributed by atoms with van der Waals surface area (Å²) in [6.07, 6.45) is 1.62. The van der Waals surface area contributed by atoms with Gasteiger partial charge < -0.3 is 21.1 Å². The molecule has 1 heterocycles. The van der Waals surface area contributed by atoms with Crippen molar-refractivity contribution in [1.29, 1.82) is 0 Å². The van der Waals surface area contributed by atoms with Gasteiger partial charge in [-0.1, -0.05) is 48.9 Å². The zero-order valence-corrected chi connectivity index (χ0v) is 19.8. The van der Waals surface area contributed by atoms with E-state index in [4.69, 9.17) is 27.8 Å². The van der Waals surface area contributed by atoms with E-state index in [1.165, 1.54) is 5.56 Å². The van der Waals surface area contributed by atoms with Crippen LogP contribution in [0.25, 0.3) is 0 Å². The molecule has 33 heavy (non-hydrogen) atoms. The van der Waals surface area contributed by atoms with Crippen molar-refractivity contribution in [3.63, 3.8) is 0 Å². The molecule has 0 saturated carbocycles. The average Bonchev–Trinajstić information content (AvgIpc) is 2.81. The molecule has 178 valence electrons. The fourth-order valence-electron chi connectivity index (χ4n) is 4.60. The minimum absolute atomic E-state index is 0.0567. The van der Waals surface area contributed by atoms with Gasteiger partial charge in [0.2, 0.25) is 5.91 Å². The molecular weight excluding hydrogens is 440 g/mol. The summed E-state index contributed by atoms with van der Waals surface area (Å²) in [5.41, 5.74) is 13.5. The number of primary amides is 1. The molecule has 1 aliphatic rings. The van der Waals surface area contributed by atoms with Crippen LogP contribution in [0.2, 0.25) is 5.02 Å². The summed E-state index contributed by atoms with van der Waals surface area (Å²) in [6.45, 7) is 4.93. The number of carbonyl (C=O) groups excluding carboxylic acids is 2. The molecule has 2 amide bonds. The van der Waals surface area contributed by atoms with Crippen molar-refractivity contribution in [2.75, 3.05) is 38.1 Å². The topological polar surface area (TPSA) is 111 Å². The van der Waals surface area contributed by atoms with Crippen LogP contribution in [0.4, 0.5) is 10.5 Å². The van der Waals surface area contributed by atoms with Crippen molar-refractivity contribution in [3.8, 4) is 0 Å². The minimum atomic E-state index is -0.678. The summed E-state index contributed by atoms with van der Waals surface area (Å²) in [4.78, 5) is 27.6. The van der Waals surface area contributed by atoms with Gasteiger partial charge in [-0.2, -0.15) is 0 Å². The van der Waals surface area contributed by atoms with Gasteiger partial charge in [-0.3, -0.25) is 10.1 Å². The summed E-state index contributed by atoms with van der Waals surface area (Å²) in [7, 11) is 0. The van der Waals surface area contributed by atoms with Gasteiger partial charge in [-0.25, -0.2) is 4.79 Å². The van der Waals surface area contributed by atoms with Crippen LogP contribution >= 0.6 is 11.6 Å². The number of benzene rings is 2. The fraction of sp³-hybridized carbons (Fsp3) is 0.440. The summed E-state index contributed by atoms with van der Waals surface area (Å²) in [5, 5.41) is 3.25. The van der Waals surface area contributed by atoms with Gasteiger partial charge in [-0.05, 0) is 61.7 Å². The number of hydrogen-bond acceptors (Lipinski definition) is 5. The van der Waals surface area contributed by atoms with Crippen LogP contribution in [-0.2, 0) is 16.0 Å². The standard InChI is InChI=1S/C25H33ClN4O3/c1-2-18-7-9-19(10-8-18)29-24(32)33-17-25(11-14-30(15-12-25)16-13-27)22(23(28)31)20-5-3-4-6-21(20)26/h3-10,22H,2,11-17,27H2,1H3,(H2,28,31)(H,29,32). The molecule has 7 nitrogen and oxygen atoms in total. The molecule has 0 aliphatic carbocycles. The van der Waals surface area contributed by atoms with Crippen molar-refractivity contribution in [1.82, 2.24) is 4.90 Å². The Morgan fingerprint density at radius 3 is 2.39 bits per heavy atom. The number of piperidine rings is 1. The molecular formula is C25H33ClN4O3. The Morgan fingerprint density at radius 2 is 1.82 bits per heavy atom. The van der Waals surface area contributed by atoms with E-state index in [1.807, 2.05) is 42.5 Å². The Balaban J connectivity index is 1.80. The van der Waals surface area contributed by atoms with E-state index in [0.717, 1.165) is 26.1 Å². The van der Waals surface area contributed by atoms with Crippen LogP contribution < -0.4 is 16.8 Å². The monoisotopic (exact) mass is 472 g/mol. The zero-order chi connectivity index (χ0) is 23.8. The fourth-order valence-corrected chi connectivity index (χ4v) is 4.85. The first-order valence-electron chi connectivity index (χ1n) is 11.4. The lowest BCUT2D eigenvalue weighted by atomic mass is 9.66. The van der Waals surface area contributed by atoms with E-state index in [2.05, 4.69) is 17.1 Å². The number of anilines is 1. The number of carbonyl (C=O) groups is 2. The van der Waals surface area contributed by atoms with Gasteiger partial charge in [0.15, 0.2) is 0 Å². The lowest BCUT2D eigenvalue weighted by Crippen LogP contribution is -2.50. The number of amides is 2. The van der Waals surface area contributed by atoms with Crippen LogP contribution in [0.3, 0.4) is 0 Å². The highest BCUT2D eigenvalue weighted by Crippen LogP contribution is 2.46. The van der Waals surface area contributed by atoms with Crippen molar-refractivity contribution < 1.29 is 14.3 Å². The van der Waals surface area contributed by atoms with Gasteiger partial charge in [0.25, 0.3) is 0 Å². The largest absolute Gasteiger partial charge is 0.449 e. The van der Waals surface area contributed by atoms with E-state index < -0.39 is 23.3 Å². The molecule has 1 unspecified atom stereocenters. The molecule has 1 aliphatic heterocycles. The Kier molecular flexibility index (Phi) is 8.72. The number of ether oxygens (including phenoxy) is 1. The van der Waals surface area contributed by atoms with Crippen LogP contribution in [0, 0.1) is 5.41 Å². The highest BCUT2D eigenvalue weighted by molar-refractivity contribution is 6.31. The first kappa shape index (κ1) is 25.0. The number of rotatable bonds is 9. The molecule has 2 aromatic rings. The second-order valence-corrected chi connectivity index (χ2v) is 9.01. The number of halogens is 1. The molecule has 2 aromatic carbocycles. The first-order chi connectivity index (χ1) is 15.9. The summed E-state index contributed by atoms with van der Waals surface area (Å²) >= 11 is 6.46. The van der Waals surface area contributed by atoms with Gasteiger partial charge in [0.1, 0.15) is 0 Å². The molecule has 1 atom stereocenters. The third-order valence-electron chi connectivity index (χ3n) is 6.51. The van der Waals surface area contributed by atoms with E-state index >= 15 is 0 Å². The molecule has 8 heteroatoms.